The topological polar surface area (TPSA) is 66.5 Å². The summed E-state index contributed by atoms with van der Waals surface area (Å²) in [6.45, 7) is 7.01. The van der Waals surface area contributed by atoms with Crippen LogP contribution in [-0.2, 0) is 27.8 Å². The van der Waals surface area contributed by atoms with Gasteiger partial charge >= 0.3 is 0 Å². The van der Waals surface area contributed by atoms with E-state index in [1.54, 1.807) is 4.31 Å². The number of nitrogens with one attached hydrogen (secondary N) is 1. The third-order valence-corrected chi connectivity index (χ3v) is 6.97. The monoisotopic (exact) mass is 380 g/mol. The fourth-order valence-corrected chi connectivity index (χ4v) is 5.06. The van der Waals surface area contributed by atoms with E-state index in [4.69, 9.17) is 0 Å². The zero-order valence-electron chi connectivity index (χ0n) is 16.3. The number of benzene rings is 1. The van der Waals surface area contributed by atoms with Gasteiger partial charge in [0.1, 0.15) is 0 Å². The first-order chi connectivity index (χ1) is 12.4. The van der Waals surface area contributed by atoms with Gasteiger partial charge in [-0.15, -0.1) is 0 Å². The third kappa shape index (κ3) is 5.30. The van der Waals surface area contributed by atoms with Crippen molar-refractivity contribution >= 4 is 21.6 Å². The Labute approximate surface area is 158 Å². The van der Waals surface area contributed by atoms with Crippen LogP contribution < -0.4 is 5.32 Å². The first kappa shape index (κ1) is 20.9. The van der Waals surface area contributed by atoms with Crippen LogP contribution in [0.3, 0.4) is 0 Å². The van der Waals surface area contributed by atoms with Crippen molar-refractivity contribution in [2.75, 3.05) is 17.6 Å². The smallest absolute Gasteiger partial charge is 0.227 e. The number of carbonyl (C=O) groups is 1. The number of carbonyl (C=O) groups excluding carboxylic acids is 1. The van der Waals surface area contributed by atoms with E-state index in [9.17, 15) is 13.2 Å². The van der Waals surface area contributed by atoms with E-state index in [-0.39, 0.29) is 17.6 Å². The van der Waals surface area contributed by atoms with E-state index in [0.29, 0.717) is 19.5 Å². The van der Waals surface area contributed by atoms with Gasteiger partial charge < -0.3 is 5.32 Å². The van der Waals surface area contributed by atoms with Crippen LogP contribution in [0.25, 0.3) is 0 Å². The van der Waals surface area contributed by atoms with Crippen LogP contribution in [0.2, 0.25) is 0 Å². The molecule has 146 valence electrons. The number of fused-ring (bicyclic) bond motifs is 1. The van der Waals surface area contributed by atoms with Gasteiger partial charge in [0.05, 0.1) is 5.75 Å². The normalized spacial score (nSPS) is 15.1. The van der Waals surface area contributed by atoms with Gasteiger partial charge in [-0.05, 0) is 48.9 Å². The predicted octanol–water partition coefficient (Wildman–Crippen LogP) is 3.94. The highest BCUT2D eigenvalue weighted by Crippen LogP contribution is 2.25. The van der Waals surface area contributed by atoms with Crippen LogP contribution in [0.1, 0.15) is 64.0 Å². The molecule has 0 aliphatic carbocycles. The minimum Gasteiger partial charge on any atom is -0.326 e. The van der Waals surface area contributed by atoms with Crippen molar-refractivity contribution in [3.05, 3.63) is 29.3 Å². The number of amides is 1. The number of anilines is 1. The summed E-state index contributed by atoms with van der Waals surface area (Å²) in [6.07, 6.45) is 5.12. The highest BCUT2D eigenvalue weighted by molar-refractivity contribution is 7.89. The van der Waals surface area contributed by atoms with E-state index >= 15 is 0 Å². The van der Waals surface area contributed by atoms with Crippen LogP contribution in [-0.4, -0.2) is 30.9 Å². The Balaban J connectivity index is 2.12. The molecule has 0 radical (unpaired) electrons. The second kappa shape index (κ2) is 9.51. The fourth-order valence-electron chi connectivity index (χ4n) is 3.58. The van der Waals surface area contributed by atoms with Crippen molar-refractivity contribution in [2.24, 2.45) is 5.92 Å². The third-order valence-electron chi connectivity index (χ3n) is 4.95. The molecule has 0 saturated heterocycles. The molecule has 0 spiro atoms. The summed E-state index contributed by atoms with van der Waals surface area (Å²) in [6, 6.07) is 5.89. The molecule has 6 heteroatoms. The van der Waals surface area contributed by atoms with Crippen LogP contribution in [0, 0.1) is 5.92 Å². The lowest BCUT2D eigenvalue weighted by atomic mass is 9.96. The first-order valence-electron chi connectivity index (χ1n) is 9.81. The number of hydrogen-bond acceptors (Lipinski definition) is 3. The van der Waals surface area contributed by atoms with Crippen molar-refractivity contribution in [2.45, 2.75) is 65.8 Å². The van der Waals surface area contributed by atoms with Crippen molar-refractivity contribution in [3.8, 4) is 0 Å². The second-order valence-electron chi connectivity index (χ2n) is 7.15. The summed E-state index contributed by atoms with van der Waals surface area (Å²) in [4.78, 5) is 12.6. The lowest BCUT2D eigenvalue weighted by molar-refractivity contribution is -0.120. The minimum atomic E-state index is -3.19. The number of hydrogen-bond donors (Lipinski definition) is 1. The van der Waals surface area contributed by atoms with Crippen molar-refractivity contribution in [1.29, 1.82) is 0 Å². The summed E-state index contributed by atoms with van der Waals surface area (Å²) >= 11 is 0. The zero-order valence-corrected chi connectivity index (χ0v) is 17.1. The number of nitrogens with zero attached hydrogens (tertiary/aromatic N) is 1. The number of rotatable bonds is 9. The lowest BCUT2D eigenvalue weighted by Gasteiger charge is -2.28. The molecular weight excluding hydrogens is 348 g/mol. The highest BCUT2D eigenvalue weighted by Gasteiger charge is 2.26. The first-order valence-corrected chi connectivity index (χ1v) is 11.4. The van der Waals surface area contributed by atoms with E-state index in [2.05, 4.69) is 19.2 Å². The molecule has 5 nitrogen and oxygen atoms in total. The summed E-state index contributed by atoms with van der Waals surface area (Å²) in [5.74, 6) is 0.302. The Morgan fingerprint density at radius 1 is 1.12 bits per heavy atom. The van der Waals surface area contributed by atoms with Gasteiger partial charge in [0.15, 0.2) is 0 Å². The van der Waals surface area contributed by atoms with Gasteiger partial charge in [0, 0.05) is 24.7 Å². The Morgan fingerprint density at radius 3 is 2.42 bits per heavy atom. The zero-order chi connectivity index (χ0) is 19.2. The number of sulfonamides is 1. The predicted molar refractivity (Wildman–Crippen MR) is 107 cm³/mol. The minimum absolute atomic E-state index is 0.0439. The molecule has 26 heavy (non-hydrogen) atoms. The largest absolute Gasteiger partial charge is 0.326 e. The Hall–Kier alpha value is -1.40. The maximum absolute atomic E-state index is 12.6. The van der Waals surface area contributed by atoms with Crippen molar-refractivity contribution < 1.29 is 13.2 Å². The molecule has 1 aliphatic heterocycles. The molecule has 1 aromatic carbocycles. The molecule has 1 aliphatic rings. The van der Waals surface area contributed by atoms with Gasteiger partial charge in [-0.25, -0.2) is 8.42 Å². The molecule has 1 heterocycles. The molecular formula is C20H32N2O3S. The Morgan fingerprint density at radius 2 is 1.81 bits per heavy atom. The molecule has 1 N–H and O–H groups in total. The van der Waals surface area contributed by atoms with Gasteiger partial charge in [-0.1, -0.05) is 39.7 Å². The SMILES string of the molecule is CCCC(CCC)C(=O)Nc1ccc2c(c1)CN(S(=O)(=O)CCC)CC2. The molecule has 0 saturated carbocycles. The van der Waals surface area contributed by atoms with E-state index in [0.717, 1.165) is 43.4 Å². The highest BCUT2D eigenvalue weighted by atomic mass is 32.2. The lowest BCUT2D eigenvalue weighted by Crippen LogP contribution is -2.37. The van der Waals surface area contributed by atoms with Gasteiger partial charge in [0.25, 0.3) is 0 Å². The maximum Gasteiger partial charge on any atom is 0.227 e. The summed E-state index contributed by atoms with van der Waals surface area (Å²) in [7, 11) is -3.19. The van der Waals surface area contributed by atoms with E-state index in [1.165, 1.54) is 5.56 Å². The average molecular weight is 381 g/mol. The quantitative estimate of drug-likeness (QED) is 0.706. The Bertz CT molecular complexity index is 710. The van der Waals surface area contributed by atoms with Gasteiger partial charge in [-0.3, -0.25) is 4.79 Å². The fraction of sp³-hybridized carbons (Fsp3) is 0.650. The molecule has 0 fully saturated rings. The average Bonchev–Trinajstić information content (AvgIpc) is 2.60. The molecule has 2 rings (SSSR count). The van der Waals surface area contributed by atoms with Gasteiger partial charge in [-0.2, -0.15) is 4.31 Å². The van der Waals surface area contributed by atoms with Crippen LogP contribution in [0.4, 0.5) is 5.69 Å². The standard InChI is InChI=1S/C20H32N2O3S/c1-4-7-17(8-5-2)20(23)21-19-10-9-16-11-12-22(15-18(16)14-19)26(24,25)13-6-3/h9-10,14,17H,4-8,11-13,15H2,1-3H3,(H,21,23). The van der Waals surface area contributed by atoms with E-state index in [1.807, 2.05) is 25.1 Å². The summed E-state index contributed by atoms with van der Waals surface area (Å²) < 4.78 is 26.3. The Kier molecular flexibility index (Phi) is 7.65. The van der Waals surface area contributed by atoms with Crippen molar-refractivity contribution in [3.63, 3.8) is 0 Å². The van der Waals surface area contributed by atoms with Crippen LogP contribution in [0.15, 0.2) is 18.2 Å². The molecule has 0 aromatic heterocycles. The van der Waals surface area contributed by atoms with Crippen LogP contribution >= 0.6 is 0 Å². The van der Waals surface area contributed by atoms with E-state index < -0.39 is 10.0 Å². The molecule has 1 aromatic rings. The summed E-state index contributed by atoms with van der Waals surface area (Å²) in [5.41, 5.74) is 2.93. The molecule has 0 bridgehead atoms. The maximum atomic E-state index is 12.6. The van der Waals surface area contributed by atoms with Crippen molar-refractivity contribution in [1.82, 2.24) is 4.31 Å². The summed E-state index contributed by atoms with van der Waals surface area (Å²) in [5, 5.41) is 3.03. The molecule has 0 unspecified atom stereocenters. The second-order valence-corrected chi connectivity index (χ2v) is 9.24. The molecule has 0 atom stereocenters. The van der Waals surface area contributed by atoms with Gasteiger partial charge in [0.2, 0.25) is 15.9 Å². The van der Waals surface area contributed by atoms with Crippen LogP contribution in [0.5, 0.6) is 0 Å². The molecule has 1 amide bonds.